The maximum absolute atomic E-state index is 12.3. The third-order valence-electron chi connectivity index (χ3n) is 4.29. The van der Waals surface area contributed by atoms with Crippen LogP contribution in [0.25, 0.3) is 0 Å². The van der Waals surface area contributed by atoms with Crippen LogP contribution in [0.5, 0.6) is 0 Å². The maximum Gasteiger partial charge on any atom is 0.401 e. The molecule has 10 heteroatoms. The van der Waals surface area contributed by atoms with Crippen molar-refractivity contribution < 1.29 is 17.7 Å². The van der Waals surface area contributed by atoms with Gasteiger partial charge in [-0.15, -0.1) is 0 Å². The summed E-state index contributed by atoms with van der Waals surface area (Å²) in [5.41, 5.74) is 0.923. The van der Waals surface area contributed by atoms with Gasteiger partial charge in [0.25, 0.3) is 0 Å². The number of halogens is 3. The molecule has 1 N–H and O–H groups in total. The zero-order valence-corrected chi connectivity index (χ0v) is 16.0. The molecule has 0 amide bonds. The van der Waals surface area contributed by atoms with Crippen molar-refractivity contribution in [2.45, 2.75) is 26.1 Å². The summed E-state index contributed by atoms with van der Waals surface area (Å²) >= 11 is 0. The van der Waals surface area contributed by atoms with Crippen molar-refractivity contribution in [2.24, 2.45) is 4.99 Å². The number of rotatable bonds is 8. The Hall–Kier alpha value is -1.81. The van der Waals surface area contributed by atoms with Crippen LogP contribution in [0, 0.1) is 0 Å². The summed E-state index contributed by atoms with van der Waals surface area (Å²) in [5, 5.41) is 7.21. The van der Waals surface area contributed by atoms with Gasteiger partial charge in [0.15, 0.2) is 5.96 Å². The smallest absolute Gasteiger partial charge is 0.364 e. The molecule has 0 radical (unpaired) electrons. The Bertz CT molecular complexity index is 556. The van der Waals surface area contributed by atoms with E-state index in [2.05, 4.69) is 25.3 Å². The standard InChI is InChI=1S/C17H29F3N6O/c1-3-21-16(22-6-4-7-24(2)14-17(18,19)20)26-10-8-25(9-11-26)13-15-5-12-27-23-15/h5,12H,3-4,6-11,13-14H2,1-2H3,(H,21,22). The summed E-state index contributed by atoms with van der Waals surface area (Å²) in [6.07, 6.45) is -1.99. The predicted octanol–water partition coefficient (Wildman–Crippen LogP) is 1.64. The molecular formula is C17H29F3N6O. The third kappa shape index (κ3) is 8.17. The van der Waals surface area contributed by atoms with E-state index in [4.69, 9.17) is 4.52 Å². The van der Waals surface area contributed by atoms with Gasteiger partial charge in [-0.05, 0) is 26.9 Å². The first-order valence-corrected chi connectivity index (χ1v) is 9.27. The van der Waals surface area contributed by atoms with Crippen molar-refractivity contribution in [3.63, 3.8) is 0 Å². The first-order valence-electron chi connectivity index (χ1n) is 9.27. The minimum absolute atomic E-state index is 0.369. The molecule has 0 aromatic carbocycles. The van der Waals surface area contributed by atoms with Crippen LogP contribution in [0.1, 0.15) is 19.0 Å². The largest absolute Gasteiger partial charge is 0.401 e. The van der Waals surface area contributed by atoms with Gasteiger partial charge < -0.3 is 14.7 Å². The van der Waals surface area contributed by atoms with Crippen LogP contribution in [0.2, 0.25) is 0 Å². The number of guanidine groups is 1. The van der Waals surface area contributed by atoms with E-state index in [1.807, 2.05) is 13.0 Å². The molecule has 27 heavy (non-hydrogen) atoms. The van der Waals surface area contributed by atoms with E-state index in [1.165, 1.54) is 11.9 Å². The van der Waals surface area contributed by atoms with Crippen molar-refractivity contribution in [2.75, 3.05) is 59.4 Å². The normalized spacial score (nSPS) is 17.0. The zero-order valence-electron chi connectivity index (χ0n) is 16.0. The van der Waals surface area contributed by atoms with E-state index < -0.39 is 12.7 Å². The van der Waals surface area contributed by atoms with Gasteiger partial charge in [0.2, 0.25) is 0 Å². The average molecular weight is 390 g/mol. The van der Waals surface area contributed by atoms with E-state index in [9.17, 15) is 13.2 Å². The Morgan fingerprint density at radius 3 is 2.67 bits per heavy atom. The number of nitrogens with zero attached hydrogens (tertiary/aromatic N) is 5. The second-order valence-electron chi connectivity index (χ2n) is 6.70. The highest BCUT2D eigenvalue weighted by atomic mass is 19.4. The molecular weight excluding hydrogens is 361 g/mol. The van der Waals surface area contributed by atoms with Gasteiger partial charge in [0.1, 0.15) is 6.26 Å². The first kappa shape index (κ1) is 21.5. The number of alkyl halides is 3. The zero-order chi connectivity index (χ0) is 19.7. The number of hydrogen-bond acceptors (Lipinski definition) is 5. The van der Waals surface area contributed by atoms with Crippen molar-refractivity contribution >= 4 is 5.96 Å². The molecule has 7 nitrogen and oxygen atoms in total. The summed E-state index contributed by atoms with van der Waals surface area (Å²) in [6.45, 7) is 7.00. The number of nitrogens with one attached hydrogen (secondary N) is 1. The van der Waals surface area contributed by atoms with Gasteiger partial charge >= 0.3 is 6.18 Å². The van der Waals surface area contributed by atoms with Crippen molar-refractivity contribution in [1.29, 1.82) is 0 Å². The molecule has 1 aromatic heterocycles. The van der Waals surface area contributed by atoms with Gasteiger partial charge in [-0.2, -0.15) is 13.2 Å². The van der Waals surface area contributed by atoms with Crippen LogP contribution in [-0.2, 0) is 6.54 Å². The number of aromatic nitrogens is 1. The van der Waals surface area contributed by atoms with Crippen molar-refractivity contribution in [1.82, 2.24) is 25.2 Å². The molecule has 0 unspecified atom stereocenters. The molecule has 0 bridgehead atoms. The molecule has 0 aliphatic carbocycles. The Balaban J connectivity index is 1.74. The molecule has 0 spiro atoms. The monoisotopic (exact) mass is 390 g/mol. The fraction of sp³-hybridized carbons (Fsp3) is 0.765. The summed E-state index contributed by atoms with van der Waals surface area (Å²) in [7, 11) is 1.48. The third-order valence-corrected chi connectivity index (χ3v) is 4.29. The van der Waals surface area contributed by atoms with Crippen molar-refractivity contribution in [3.05, 3.63) is 18.0 Å². The molecule has 1 saturated heterocycles. The first-order chi connectivity index (χ1) is 12.9. The van der Waals surface area contributed by atoms with Crippen LogP contribution in [0.4, 0.5) is 13.2 Å². The van der Waals surface area contributed by atoms with E-state index in [0.717, 1.165) is 50.9 Å². The highest BCUT2D eigenvalue weighted by Crippen LogP contribution is 2.15. The highest BCUT2D eigenvalue weighted by Gasteiger charge is 2.28. The SMILES string of the molecule is CCNC(=NCCCN(C)CC(F)(F)F)N1CCN(Cc2ccon2)CC1. The lowest BCUT2D eigenvalue weighted by Gasteiger charge is -2.36. The van der Waals surface area contributed by atoms with Gasteiger partial charge in [-0.25, -0.2) is 0 Å². The molecule has 154 valence electrons. The Morgan fingerprint density at radius 1 is 1.33 bits per heavy atom. The van der Waals surface area contributed by atoms with Crippen LogP contribution in [-0.4, -0.2) is 91.4 Å². The summed E-state index contributed by atoms with van der Waals surface area (Å²) in [6, 6.07) is 1.87. The molecule has 2 heterocycles. The van der Waals surface area contributed by atoms with Crippen molar-refractivity contribution in [3.8, 4) is 0 Å². The molecule has 2 rings (SSSR count). The van der Waals surface area contributed by atoms with E-state index in [1.54, 1.807) is 6.26 Å². The maximum atomic E-state index is 12.3. The number of aliphatic imine (C=N–C) groups is 1. The van der Waals surface area contributed by atoms with E-state index in [0.29, 0.717) is 19.5 Å². The summed E-state index contributed by atoms with van der Waals surface area (Å²) < 4.78 is 41.9. The lowest BCUT2D eigenvalue weighted by molar-refractivity contribution is -0.143. The predicted molar refractivity (Wildman–Crippen MR) is 97.5 cm³/mol. The molecule has 0 saturated carbocycles. The summed E-state index contributed by atoms with van der Waals surface area (Å²) in [5.74, 6) is 0.831. The Kier molecular flexibility index (Phi) is 8.36. The van der Waals surface area contributed by atoms with Gasteiger partial charge in [-0.1, -0.05) is 5.16 Å². The van der Waals surface area contributed by atoms with Crippen LogP contribution < -0.4 is 5.32 Å². The fourth-order valence-electron chi connectivity index (χ4n) is 3.00. The highest BCUT2D eigenvalue weighted by molar-refractivity contribution is 5.80. The average Bonchev–Trinajstić information content (AvgIpc) is 3.10. The second-order valence-corrected chi connectivity index (χ2v) is 6.70. The quantitative estimate of drug-likeness (QED) is 0.414. The molecule has 0 atom stereocenters. The Labute approximate surface area is 158 Å². The number of hydrogen-bond donors (Lipinski definition) is 1. The van der Waals surface area contributed by atoms with Crippen LogP contribution in [0.3, 0.4) is 0 Å². The van der Waals surface area contributed by atoms with E-state index in [-0.39, 0.29) is 0 Å². The van der Waals surface area contributed by atoms with Gasteiger partial charge in [0.05, 0.1) is 12.2 Å². The summed E-state index contributed by atoms with van der Waals surface area (Å²) in [4.78, 5) is 10.4. The second kappa shape index (κ2) is 10.5. The minimum Gasteiger partial charge on any atom is -0.364 e. The topological polar surface area (TPSA) is 60.1 Å². The Morgan fingerprint density at radius 2 is 2.07 bits per heavy atom. The van der Waals surface area contributed by atoms with Gasteiger partial charge in [-0.3, -0.25) is 14.8 Å². The minimum atomic E-state index is -4.15. The van der Waals surface area contributed by atoms with E-state index >= 15 is 0 Å². The lowest BCUT2D eigenvalue weighted by Crippen LogP contribution is -2.52. The molecule has 1 aliphatic rings. The van der Waals surface area contributed by atoms with Crippen LogP contribution in [0.15, 0.2) is 21.8 Å². The molecule has 1 aliphatic heterocycles. The molecule has 1 fully saturated rings. The fourth-order valence-corrected chi connectivity index (χ4v) is 3.00. The van der Waals surface area contributed by atoms with Crippen LogP contribution >= 0.6 is 0 Å². The molecule has 1 aromatic rings. The number of piperazine rings is 1. The lowest BCUT2D eigenvalue weighted by atomic mass is 10.3. The van der Waals surface area contributed by atoms with Gasteiger partial charge in [0, 0.05) is 51.9 Å².